The van der Waals surface area contributed by atoms with Crippen LogP contribution in [0.1, 0.15) is 10.5 Å². The number of rotatable bonds is 2. The fraction of sp³-hybridized carbons (Fsp3) is 0.0833. The van der Waals surface area contributed by atoms with Crippen LogP contribution in [-0.4, -0.2) is 10.5 Å². The molecule has 1 aromatic heterocycles. The van der Waals surface area contributed by atoms with Gasteiger partial charge >= 0.3 is 0 Å². The normalized spacial score (nSPS) is 10.6. The van der Waals surface area contributed by atoms with Crippen LogP contribution in [0.25, 0.3) is 0 Å². The Balaban J connectivity index is 2.29. The molecule has 0 aliphatic rings. The molecule has 1 heterocycles. The molecule has 2 aromatic rings. The van der Waals surface area contributed by atoms with E-state index in [1.165, 1.54) is 10.6 Å². The van der Waals surface area contributed by atoms with E-state index in [0.717, 1.165) is 12.1 Å². The summed E-state index contributed by atoms with van der Waals surface area (Å²) in [7, 11) is 1.63. The number of anilines is 1. The molecule has 0 radical (unpaired) electrons. The Morgan fingerprint density at radius 2 is 1.95 bits per heavy atom. The Hall–Kier alpha value is -1.76. The maximum absolute atomic E-state index is 13.4. The minimum absolute atomic E-state index is 0.246. The number of aromatic nitrogens is 1. The summed E-state index contributed by atoms with van der Waals surface area (Å²) in [5.41, 5.74) is -0.169. The fourth-order valence-electron chi connectivity index (χ4n) is 1.56. The summed E-state index contributed by atoms with van der Waals surface area (Å²) in [4.78, 5) is 11.9. The van der Waals surface area contributed by atoms with Crippen molar-refractivity contribution in [3.05, 3.63) is 52.0 Å². The minimum Gasteiger partial charge on any atom is -0.345 e. The first-order chi connectivity index (χ1) is 8.90. The number of hydrogen-bond donors (Lipinski definition) is 1. The minimum atomic E-state index is -1.62. The van der Waals surface area contributed by atoms with Crippen molar-refractivity contribution in [1.82, 2.24) is 4.57 Å². The van der Waals surface area contributed by atoms with Crippen molar-refractivity contribution in [2.24, 2.45) is 7.05 Å². The standard InChI is InChI=1S/C12H8BrF3N2O/c1-18-5-6(13)4-9(18)12(19)17-8-3-2-7(14)10(15)11(8)16/h2-5H,1H3,(H,17,19). The third-order valence-corrected chi connectivity index (χ3v) is 2.92. The van der Waals surface area contributed by atoms with Crippen molar-refractivity contribution < 1.29 is 18.0 Å². The third-order valence-electron chi connectivity index (χ3n) is 2.49. The van der Waals surface area contributed by atoms with Crippen LogP contribution in [0.2, 0.25) is 0 Å². The summed E-state index contributed by atoms with van der Waals surface area (Å²) in [6.45, 7) is 0. The Bertz CT molecular complexity index is 655. The van der Waals surface area contributed by atoms with Gasteiger partial charge < -0.3 is 9.88 Å². The Kier molecular flexibility index (Phi) is 3.66. The predicted molar refractivity (Wildman–Crippen MR) is 67.4 cm³/mol. The molecule has 0 bridgehead atoms. The van der Waals surface area contributed by atoms with Crippen molar-refractivity contribution in [2.75, 3.05) is 5.32 Å². The molecule has 19 heavy (non-hydrogen) atoms. The molecular formula is C12H8BrF3N2O. The number of aryl methyl sites for hydroxylation is 1. The van der Waals surface area contributed by atoms with Crippen LogP contribution in [0.4, 0.5) is 18.9 Å². The van der Waals surface area contributed by atoms with E-state index < -0.39 is 29.0 Å². The van der Waals surface area contributed by atoms with E-state index in [4.69, 9.17) is 0 Å². The van der Waals surface area contributed by atoms with E-state index in [2.05, 4.69) is 21.2 Å². The monoisotopic (exact) mass is 332 g/mol. The highest BCUT2D eigenvalue weighted by atomic mass is 79.9. The fourth-order valence-corrected chi connectivity index (χ4v) is 2.08. The van der Waals surface area contributed by atoms with Crippen LogP contribution in [0.3, 0.4) is 0 Å². The van der Waals surface area contributed by atoms with Crippen LogP contribution < -0.4 is 5.32 Å². The zero-order chi connectivity index (χ0) is 14.2. The SMILES string of the molecule is Cn1cc(Br)cc1C(=O)Nc1ccc(F)c(F)c1F. The number of carbonyl (C=O) groups is 1. The van der Waals surface area contributed by atoms with Gasteiger partial charge in [0, 0.05) is 17.7 Å². The van der Waals surface area contributed by atoms with Crippen LogP contribution in [0.5, 0.6) is 0 Å². The second-order valence-electron chi connectivity index (χ2n) is 3.83. The van der Waals surface area contributed by atoms with Gasteiger partial charge in [0.15, 0.2) is 17.5 Å². The average molecular weight is 333 g/mol. The van der Waals surface area contributed by atoms with Gasteiger partial charge in [-0.3, -0.25) is 4.79 Å². The van der Waals surface area contributed by atoms with Crippen molar-refractivity contribution in [3.8, 4) is 0 Å². The summed E-state index contributed by atoms with van der Waals surface area (Å²) in [5, 5.41) is 2.19. The van der Waals surface area contributed by atoms with Crippen molar-refractivity contribution in [2.45, 2.75) is 0 Å². The van der Waals surface area contributed by atoms with Gasteiger partial charge in [-0.05, 0) is 34.1 Å². The van der Waals surface area contributed by atoms with E-state index in [1.807, 2.05) is 0 Å². The van der Waals surface area contributed by atoms with E-state index in [9.17, 15) is 18.0 Å². The number of hydrogen-bond acceptors (Lipinski definition) is 1. The molecule has 0 saturated heterocycles. The molecule has 1 amide bonds. The molecule has 1 aromatic carbocycles. The number of nitrogens with zero attached hydrogens (tertiary/aromatic N) is 1. The molecule has 0 aliphatic carbocycles. The Morgan fingerprint density at radius 1 is 1.26 bits per heavy atom. The lowest BCUT2D eigenvalue weighted by molar-refractivity contribution is 0.101. The zero-order valence-corrected chi connectivity index (χ0v) is 11.3. The molecule has 0 fully saturated rings. The molecule has 0 unspecified atom stereocenters. The Labute approximate surface area is 115 Å². The molecule has 7 heteroatoms. The summed E-state index contributed by atoms with van der Waals surface area (Å²) in [5.74, 6) is -4.98. The predicted octanol–water partition coefficient (Wildman–Crippen LogP) is 3.46. The highest BCUT2D eigenvalue weighted by Crippen LogP contribution is 2.21. The van der Waals surface area contributed by atoms with Gasteiger partial charge in [-0.2, -0.15) is 0 Å². The molecule has 0 spiro atoms. The van der Waals surface area contributed by atoms with Crippen molar-refractivity contribution >= 4 is 27.5 Å². The highest BCUT2D eigenvalue weighted by Gasteiger charge is 2.17. The van der Waals surface area contributed by atoms with Gasteiger partial charge in [-0.1, -0.05) is 0 Å². The first-order valence-corrected chi connectivity index (χ1v) is 5.96. The molecule has 3 nitrogen and oxygen atoms in total. The van der Waals surface area contributed by atoms with E-state index in [-0.39, 0.29) is 5.69 Å². The molecule has 0 aliphatic heterocycles. The van der Waals surface area contributed by atoms with E-state index in [1.54, 1.807) is 13.2 Å². The summed E-state index contributed by atoms with van der Waals surface area (Å²) < 4.78 is 41.3. The molecule has 2 rings (SSSR count). The molecule has 0 atom stereocenters. The van der Waals surface area contributed by atoms with E-state index >= 15 is 0 Å². The van der Waals surface area contributed by atoms with Gasteiger partial charge in [0.1, 0.15) is 5.69 Å². The topological polar surface area (TPSA) is 34.0 Å². The largest absolute Gasteiger partial charge is 0.345 e. The lowest BCUT2D eigenvalue weighted by Gasteiger charge is -2.07. The molecule has 100 valence electrons. The van der Waals surface area contributed by atoms with Crippen LogP contribution in [0, 0.1) is 17.5 Å². The summed E-state index contributed by atoms with van der Waals surface area (Å²) in [6, 6.07) is 3.23. The quantitative estimate of drug-likeness (QED) is 0.839. The summed E-state index contributed by atoms with van der Waals surface area (Å²) >= 11 is 3.19. The number of carbonyl (C=O) groups excluding carboxylic acids is 1. The zero-order valence-electron chi connectivity index (χ0n) is 9.68. The van der Waals surface area contributed by atoms with Crippen molar-refractivity contribution in [3.63, 3.8) is 0 Å². The molecule has 0 saturated carbocycles. The van der Waals surface area contributed by atoms with Gasteiger partial charge in [0.2, 0.25) is 0 Å². The lowest BCUT2D eigenvalue weighted by atomic mass is 10.2. The van der Waals surface area contributed by atoms with Gasteiger partial charge in [0.05, 0.1) is 5.69 Å². The van der Waals surface area contributed by atoms with E-state index in [0.29, 0.717) is 4.47 Å². The highest BCUT2D eigenvalue weighted by molar-refractivity contribution is 9.10. The van der Waals surface area contributed by atoms with Gasteiger partial charge in [-0.25, -0.2) is 13.2 Å². The first-order valence-electron chi connectivity index (χ1n) is 5.17. The number of halogens is 4. The second kappa shape index (κ2) is 5.08. The van der Waals surface area contributed by atoms with Gasteiger partial charge in [-0.15, -0.1) is 0 Å². The van der Waals surface area contributed by atoms with Crippen LogP contribution >= 0.6 is 15.9 Å². The average Bonchev–Trinajstić information content (AvgIpc) is 2.69. The maximum atomic E-state index is 13.4. The number of nitrogens with one attached hydrogen (secondary N) is 1. The van der Waals surface area contributed by atoms with Gasteiger partial charge in [0.25, 0.3) is 5.91 Å². The van der Waals surface area contributed by atoms with Crippen LogP contribution in [0.15, 0.2) is 28.9 Å². The summed E-state index contributed by atoms with van der Waals surface area (Å²) in [6.07, 6.45) is 1.64. The third kappa shape index (κ3) is 2.65. The maximum Gasteiger partial charge on any atom is 0.272 e. The lowest BCUT2D eigenvalue weighted by Crippen LogP contribution is -2.16. The Morgan fingerprint density at radius 3 is 2.53 bits per heavy atom. The van der Waals surface area contributed by atoms with Crippen LogP contribution in [-0.2, 0) is 7.05 Å². The second-order valence-corrected chi connectivity index (χ2v) is 4.75. The van der Waals surface area contributed by atoms with Crippen molar-refractivity contribution in [1.29, 1.82) is 0 Å². The molecule has 1 N–H and O–H groups in total. The molecular weight excluding hydrogens is 325 g/mol. The number of amides is 1. The smallest absolute Gasteiger partial charge is 0.272 e. The first kappa shape index (κ1) is 13.7. The number of benzene rings is 1.